The summed E-state index contributed by atoms with van der Waals surface area (Å²) >= 11 is 0. The molecule has 0 aromatic heterocycles. The maximum atomic E-state index is 11.5. The Hall–Kier alpha value is -0.950. The molecule has 1 rings (SSSR count). The number of rotatable bonds is 14. The van der Waals surface area contributed by atoms with Gasteiger partial charge < -0.3 is 14.2 Å². The van der Waals surface area contributed by atoms with E-state index in [0.29, 0.717) is 18.7 Å². The molecule has 5 nitrogen and oxygen atoms in total. The molecule has 1 N–H and O–H groups in total. The van der Waals surface area contributed by atoms with Gasteiger partial charge in [-0.25, -0.2) is 8.42 Å². The van der Waals surface area contributed by atoms with Crippen molar-refractivity contribution in [1.82, 2.24) is 0 Å². The molecule has 6 heteroatoms. The number of ether oxygens (including phenoxy) is 1. The SMILES string of the molecule is CCCCCCCCCCOCCc1cccc(S(=O)(=O)[O-])c1[NH+](C)C. The molecule has 0 saturated heterocycles. The first-order valence-electron chi connectivity index (χ1n) is 9.84. The van der Waals surface area contributed by atoms with Crippen LogP contribution in [-0.4, -0.2) is 40.3 Å². The van der Waals surface area contributed by atoms with Crippen LogP contribution in [0.4, 0.5) is 5.69 Å². The zero-order valence-electron chi connectivity index (χ0n) is 16.6. The van der Waals surface area contributed by atoms with Crippen LogP contribution in [0.25, 0.3) is 0 Å². The molecule has 26 heavy (non-hydrogen) atoms. The molecule has 0 aliphatic heterocycles. The van der Waals surface area contributed by atoms with Crippen LogP contribution in [0.1, 0.15) is 63.9 Å². The molecule has 0 aliphatic rings. The highest BCUT2D eigenvalue weighted by Crippen LogP contribution is 2.22. The molecule has 0 fully saturated rings. The maximum Gasteiger partial charge on any atom is 0.151 e. The molecule has 0 atom stereocenters. The van der Waals surface area contributed by atoms with Crippen molar-refractivity contribution in [3.05, 3.63) is 23.8 Å². The highest BCUT2D eigenvalue weighted by atomic mass is 32.2. The molecule has 0 heterocycles. The molecule has 1 aromatic carbocycles. The summed E-state index contributed by atoms with van der Waals surface area (Å²) in [7, 11) is -0.810. The van der Waals surface area contributed by atoms with Gasteiger partial charge >= 0.3 is 0 Å². The van der Waals surface area contributed by atoms with Gasteiger partial charge in [0.25, 0.3) is 0 Å². The first-order valence-corrected chi connectivity index (χ1v) is 11.2. The van der Waals surface area contributed by atoms with Gasteiger partial charge in [-0.1, -0.05) is 64.0 Å². The molecule has 0 saturated carbocycles. The third-order valence-corrected chi connectivity index (χ3v) is 5.42. The van der Waals surface area contributed by atoms with Gasteiger partial charge in [0.1, 0.15) is 15.0 Å². The quantitative estimate of drug-likeness (QED) is 0.395. The maximum absolute atomic E-state index is 11.5. The minimum absolute atomic E-state index is 0.127. The summed E-state index contributed by atoms with van der Waals surface area (Å²) in [6.07, 6.45) is 10.8. The predicted molar refractivity (Wildman–Crippen MR) is 104 cm³/mol. The Bertz CT molecular complexity index is 614. The van der Waals surface area contributed by atoms with Crippen LogP contribution in [0.2, 0.25) is 0 Å². The van der Waals surface area contributed by atoms with Crippen molar-refractivity contribution < 1.29 is 22.6 Å². The van der Waals surface area contributed by atoms with Gasteiger partial charge in [-0.15, -0.1) is 0 Å². The minimum atomic E-state index is -4.47. The lowest BCUT2D eigenvalue weighted by Crippen LogP contribution is -3.00. The van der Waals surface area contributed by atoms with Crippen LogP contribution in [0.5, 0.6) is 0 Å². The summed E-state index contributed by atoms with van der Waals surface area (Å²) in [5.74, 6) is 0. The third kappa shape index (κ3) is 8.62. The molecule has 150 valence electrons. The fourth-order valence-corrected chi connectivity index (χ4v) is 4.01. The van der Waals surface area contributed by atoms with Crippen LogP contribution in [0.15, 0.2) is 23.1 Å². The summed E-state index contributed by atoms with van der Waals surface area (Å²) in [5, 5.41) is 0. The zero-order valence-corrected chi connectivity index (χ0v) is 17.4. The van der Waals surface area contributed by atoms with Gasteiger partial charge in [-0.05, 0) is 12.5 Å². The number of hydrogen-bond donors (Lipinski definition) is 1. The standard InChI is InChI=1S/C20H35NO4S/c1-4-5-6-7-8-9-10-11-16-25-17-15-18-13-12-14-19(26(22,23)24)20(18)21(2)3/h12-14H,4-11,15-17H2,1-3H3,(H,22,23,24). The van der Waals surface area contributed by atoms with Crippen molar-refractivity contribution in [2.75, 3.05) is 27.3 Å². The molecule has 0 bridgehead atoms. The van der Waals surface area contributed by atoms with E-state index in [1.54, 1.807) is 6.07 Å². The Labute approximate surface area is 159 Å². The lowest BCUT2D eigenvalue weighted by molar-refractivity contribution is -0.788. The Balaban J connectivity index is 2.33. The molecule has 0 amide bonds. The number of para-hydroxylation sites is 1. The summed E-state index contributed by atoms with van der Waals surface area (Å²) < 4.78 is 40.1. The van der Waals surface area contributed by atoms with Crippen LogP contribution in [0.3, 0.4) is 0 Å². The number of hydrogen-bond acceptors (Lipinski definition) is 4. The largest absolute Gasteiger partial charge is 0.744 e. The van der Waals surface area contributed by atoms with Crippen molar-refractivity contribution in [3.8, 4) is 0 Å². The van der Waals surface area contributed by atoms with Crippen LogP contribution >= 0.6 is 0 Å². The van der Waals surface area contributed by atoms with Gasteiger partial charge in [0.2, 0.25) is 0 Å². The van der Waals surface area contributed by atoms with Crippen LogP contribution in [-0.2, 0) is 21.3 Å². The molecule has 0 aliphatic carbocycles. The topological polar surface area (TPSA) is 70.9 Å². The summed E-state index contributed by atoms with van der Waals surface area (Å²) in [5.41, 5.74) is 1.41. The molecule has 0 spiro atoms. The highest BCUT2D eigenvalue weighted by molar-refractivity contribution is 7.85. The first kappa shape index (κ1) is 23.1. The van der Waals surface area contributed by atoms with Crippen molar-refractivity contribution in [2.24, 2.45) is 0 Å². The number of quaternary nitrogens is 1. The molecular formula is C20H35NO4S. The lowest BCUT2D eigenvalue weighted by atomic mass is 10.1. The van der Waals surface area contributed by atoms with E-state index in [2.05, 4.69) is 6.92 Å². The fourth-order valence-electron chi connectivity index (χ4n) is 3.18. The van der Waals surface area contributed by atoms with E-state index < -0.39 is 10.1 Å². The second-order valence-electron chi connectivity index (χ2n) is 7.08. The zero-order chi connectivity index (χ0) is 19.4. The van der Waals surface area contributed by atoms with E-state index in [1.165, 1.54) is 51.0 Å². The van der Waals surface area contributed by atoms with Gasteiger partial charge in [0.05, 0.1) is 20.7 Å². The minimum Gasteiger partial charge on any atom is -0.744 e. The summed E-state index contributed by atoms with van der Waals surface area (Å²) in [4.78, 5) is 0.705. The van der Waals surface area contributed by atoms with E-state index >= 15 is 0 Å². The van der Waals surface area contributed by atoms with E-state index in [9.17, 15) is 13.0 Å². The Morgan fingerprint density at radius 1 is 0.962 bits per heavy atom. The second-order valence-corrected chi connectivity index (χ2v) is 8.43. The van der Waals surface area contributed by atoms with Crippen LogP contribution in [0, 0.1) is 0 Å². The monoisotopic (exact) mass is 385 g/mol. The van der Waals surface area contributed by atoms with E-state index in [0.717, 1.165) is 23.5 Å². The Kier molecular flexibility index (Phi) is 11.0. The average molecular weight is 386 g/mol. The average Bonchev–Trinajstić information content (AvgIpc) is 2.58. The molecule has 1 aromatic rings. The van der Waals surface area contributed by atoms with Crippen molar-refractivity contribution >= 4 is 15.8 Å². The smallest absolute Gasteiger partial charge is 0.151 e. The van der Waals surface area contributed by atoms with Crippen molar-refractivity contribution in [1.29, 1.82) is 0 Å². The first-order chi connectivity index (χ1) is 12.4. The van der Waals surface area contributed by atoms with Crippen molar-refractivity contribution in [2.45, 2.75) is 69.6 Å². The van der Waals surface area contributed by atoms with Crippen LogP contribution < -0.4 is 4.90 Å². The molecular weight excluding hydrogens is 350 g/mol. The van der Waals surface area contributed by atoms with E-state index in [-0.39, 0.29) is 4.90 Å². The van der Waals surface area contributed by atoms with E-state index in [1.807, 2.05) is 20.2 Å². The third-order valence-electron chi connectivity index (χ3n) is 4.54. The van der Waals surface area contributed by atoms with Gasteiger partial charge in [-0.3, -0.25) is 0 Å². The number of nitrogens with one attached hydrogen (secondary N) is 1. The summed E-state index contributed by atoms with van der Waals surface area (Å²) in [6, 6.07) is 4.89. The second kappa shape index (κ2) is 12.4. The molecule has 0 radical (unpaired) electrons. The number of unbranched alkanes of at least 4 members (excludes halogenated alkanes) is 7. The Morgan fingerprint density at radius 2 is 1.58 bits per heavy atom. The van der Waals surface area contributed by atoms with E-state index in [4.69, 9.17) is 4.74 Å². The number of benzene rings is 1. The van der Waals surface area contributed by atoms with Gasteiger partial charge in [0, 0.05) is 18.6 Å². The van der Waals surface area contributed by atoms with Gasteiger partial charge in [0.15, 0.2) is 5.69 Å². The fraction of sp³-hybridized carbons (Fsp3) is 0.700. The highest BCUT2D eigenvalue weighted by Gasteiger charge is 2.18. The summed E-state index contributed by atoms with van der Waals surface area (Å²) in [6.45, 7) is 3.51. The van der Waals surface area contributed by atoms with Gasteiger partial charge in [-0.2, -0.15) is 0 Å². The lowest BCUT2D eigenvalue weighted by Gasteiger charge is -2.18. The molecule has 0 unspecified atom stereocenters. The normalized spacial score (nSPS) is 12.0. The van der Waals surface area contributed by atoms with Crippen molar-refractivity contribution in [3.63, 3.8) is 0 Å². The predicted octanol–water partition coefficient (Wildman–Crippen LogP) is 3.07. The Morgan fingerprint density at radius 3 is 2.15 bits per heavy atom.